The molecule has 0 heterocycles. The van der Waals surface area contributed by atoms with E-state index in [-0.39, 0.29) is 0 Å². The summed E-state index contributed by atoms with van der Waals surface area (Å²) in [4.78, 5) is 2.85. The van der Waals surface area contributed by atoms with Gasteiger partial charge in [0.15, 0.2) is 0 Å². The van der Waals surface area contributed by atoms with Crippen molar-refractivity contribution in [3.05, 3.63) is 0 Å². The van der Waals surface area contributed by atoms with Gasteiger partial charge in [-0.1, -0.05) is 27.2 Å². The van der Waals surface area contributed by atoms with Crippen LogP contribution in [0.3, 0.4) is 0 Å². The molecule has 0 spiro atoms. The van der Waals surface area contributed by atoms with Crippen molar-refractivity contribution in [3.63, 3.8) is 0 Å². The van der Waals surface area contributed by atoms with Gasteiger partial charge in [-0.25, -0.2) is 0 Å². The van der Waals surface area contributed by atoms with Crippen molar-refractivity contribution in [1.29, 1.82) is 0 Å². The molecule has 0 aromatic rings. The maximum absolute atomic E-state index is 3.86. The van der Waals surface area contributed by atoms with Gasteiger partial charge in [-0.2, -0.15) is 0 Å². The fraction of sp³-hybridized carbons (Fsp3) is 1.00. The highest BCUT2D eigenvalue weighted by Crippen LogP contribution is 2.35. The fourth-order valence-corrected chi connectivity index (χ4v) is 3.89. The van der Waals surface area contributed by atoms with Crippen LogP contribution in [-0.4, -0.2) is 36.6 Å². The minimum Gasteiger partial charge on any atom is -0.312 e. The van der Waals surface area contributed by atoms with E-state index in [9.17, 15) is 0 Å². The summed E-state index contributed by atoms with van der Waals surface area (Å²) in [6.45, 7) is 10.9. The van der Waals surface area contributed by atoms with E-state index in [0.717, 1.165) is 23.9 Å². The largest absolute Gasteiger partial charge is 0.312 e. The van der Waals surface area contributed by atoms with E-state index < -0.39 is 0 Å². The average Bonchev–Trinajstić information content (AvgIpc) is 3.28. The quantitative estimate of drug-likeness (QED) is 0.685. The van der Waals surface area contributed by atoms with Crippen molar-refractivity contribution in [2.75, 3.05) is 19.6 Å². The van der Waals surface area contributed by atoms with Crippen LogP contribution in [0.2, 0.25) is 0 Å². The van der Waals surface area contributed by atoms with Crippen LogP contribution in [0.5, 0.6) is 0 Å². The first kappa shape index (κ1) is 16.3. The molecule has 0 amide bonds. The predicted octanol–water partition coefficient (Wildman–Crippen LogP) is 4.06. The summed E-state index contributed by atoms with van der Waals surface area (Å²) in [5.74, 6) is 1.99. The van der Waals surface area contributed by atoms with Gasteiger partial charge in [0.05, 0.1) is 0 Å². The molecule has 2 saturated carbocycles. The predicted molar refractivity (Wildman–Crippen MR) is 88.1 cm³/mol. The van der Waals surface area contributed by atoms with Gasteiger partial charge >= 0.3 is 0 Å². The molecular weight excluding hydrogens is 244 g/mol. The first-order valence-corrected chi connectivity index (χ1v) is 9.25. The molecule has 0 aromatic carbocycles. The van der Waals surface area contributed by atoms with Crippen LogP contribution in [0, 0.1) is 11.8 Å². The van der Waals surface area contributed by atoms with E-state index in [1.165, 1.54) is 71.0 Å². The van der Waals surface area contributed by atoms with Gasteiger partial charge in [0.2, 0.25) is 0 Å². The third-order valence-electron chi connectivity index (χ3n) is 5.33. The van der Waals surface area contributed by atoms with Crippen molar-refractivity contribution in [1.82, 2.24) is 10.2 Å². The zero-order valence-electron chi connectivity index (χ0n) is 14.0. The minimum absolute atomic E-state index is 0.753. The maximum Gasteiger partial charge on any atom is 0.0252 e. The average molecular weight is 280 g/mol. The second-order valence-electron chi connectivity index (χ2n) is 7.15. The van der Waals surface area contributed by atoms with Gasteiger partial charge in [-0.05, 0) is 69.9 Å². The van der Waals surface area contributed by atoms with Crippen molar-refractivity contribution in [2.45, 2.75) is 84.2 Å². The van der Waals surface area contributed by atoms with E-state index in [2.05, 4.69) is 31.0 Å². The molecule has 2 rings (SSSR count). The lowest BCUT2D eigenvalue weighted by molar-refractivity contribution is 0.0908. The molecule has 2 aliphatic carbocycles. The van der Waals surface area contributed by atoms with Crippen LogP contribution in [0.1, 0.15) is 72.1 Å². The summed E-state index contributed by atoms with van der Waals surface area (Å²) < 4.78 is 0. The first-order chi connectivity index (χ1) is 9.78. The summed E-state index contributed by atoms with van der Waals surface area (Å²) in [5.41, 5.74) is 0. The lowest BCUT2D eigenvalue weighted by atomic mass is 9.80. The molecule has 0 bridgehead atoms. The van der Waals surface area contributed by atoms with Crippen LogP contribution in [-0.2, 0) is 0 Å². The van der Waals surface area contributed by atoms with Crippen LogP contribution < -0.4 is 5.32 Å². The Balaban J connectivity index is 1.97. The Bertz CT molecular complexity index is 262. The summed E-state index contributed by atoms with van der Waals surface area (Å²) >= 11 is 0. The van der Waals surface area contributed by atoms with Crippen LogP contribution in [0.4, 0.5) is 0 Å². The molecule has 20 heavy (non-hydrogen) atoms. The van der Waals surface area contributed by atoms with Gasteiger partial charge in [0.25, 0.3) is 0 Å². The van der Waals surface area contributed by atoms with Crippen LogP contribution in [0.15, 0.2) is 0 Å². The van der Waals surface area contributed by atoms with Gasteiger partial charge < -0.3 is 5.32 Å². The van der Waals surface area contributed by atoms with Gasteiger partial charge in [-0.15, -0.1) is 0 Å². The van der Waals surface area contributed by atoms with Gasteiger partial charge in [-0.3, -0.25) is 4.90 Å². The van der Waals surface area contributed by atoms with Crippen molar-refractivity contribution in [3.8, 4) is 0 Å². The highest BCUT2D eigenvalue weighted by Gasteiger charge is 2.35. The van der Waals surface area contributed by atoms with Crippen LogP contribution >= 0.6 is 0 Å². The highest BCUT2D eigenvalue weighted by atomic mass is 15.2. The topological polar surface area (TPSA) is 15.3 Å². The molecule has 0 aromatic heterocycles. The zero-order chi connectivity index (χ0) is 14.4. The molecule has 2 fully saturated rings. The lowest BCUT2D eigenvalue weighted by Crippen LogP contribution is -2.54. The fourth-order valence-electron chi connectivity index (χ4n) is 3.89. The molecule has 0 aliphatic heterocycles. The highest BCUT2D eigenvalue weighted by molar-refractivity contribution is 4.92. The minimum atomic E-state index is 0.753. The monoisotopic (exact) mass is 280 g/mol. The molecule has 1 N–H and O–H groups in total. The van der Waals surface area contributed by atoms with E-state index in [1.807, 2.05) is 0 Å². The summed E-state index contributed by atoms with van der Waals surface area (Å²) in [6, 6.07) is 1.56. The Morgan fingerprint density at radius 3 is 2.30 bits per heavy atom. The van der Waals surface area contributed by atoms with Crippen molar-refractivity contribution in [2.24, 2.45) is 11.8 Å². The second-order valence-corrected chi connectivity index (χ2v) is 7.15. The Hall–Kier alpha value is -0.0800. The lowest BCUT2D eigenvalue weighted by Gasteiger charge is -2.43. The summed E-state index contributed by atoms with van der Waals surface area (Å²) in [7, 11) is 0. The molecule has 118 valence electrons. The molecule has 0 saturated heterocycles. The molecule has 0 radical (unpaired) electrons. The van der Waals surface area contributed by atoms with Crippen molar-refractivity contribution >= 4 is 0 Å². The zero-order valence-corrected chi connectivity index (χ0v) is 14.0. The molecule has 3 unspecified atom stereocenters. The molecule has 2 nitrogen and oxygen atoms in total. The van der Waals surface area contributed by atoms with E-state index in [1.54, 1.807) is 0 Å². The standard InChI is InChI=1S/C18H36N2/c1-4-11-19-17-10-9-15(6-3)13-18(17)20(12-5-2)14-16-7-8-16/h15-19H,4-14H2,1-3H3. The normalized spacial score (nSPS) is 30.9. The molecule has 2 heteroatoms. The Morgan fingerprint density at radius 1 is 0.950 bits per heavy atom. The van der Waals surface area contributed by atoms with Gasteiger partial charge in [0.1, 0.15) is 0 Å². The van der Waals surface area contributed by atoms with Crippen molar-refractivity contribution < 1.29 is 0 Å². The number of rotatable bonds is 9. The Kier molecular flexibility index (Phi) is 6.83. The molecular formula is C18H36N2. The third kappa shape index (κ3) is 4.73. The van der Waals surface area contributed by atoms with Crippen LogP contribution in [0.25, 0.3) is 0 Å². The van der Waals surface area contributed by atoms with Gasteiger partial charge in [0, 0.05) is 18.6 Å². The number of nitrogens with one attached hydrogen (secondary N) is 1. The SMILES string of the molecule is CCCNC1CCC(CC)CC1N(CCC)CC1CC1. The molecule has 2 aliphatic rings. The second kappa shape index (κ2) is 8.38. The number of hydrogen-bond donors (Lipinski definition) is 1. The molecule has 3 atom stereocenters. The maximum atomic E-state index is 3.86. The van der Waals surface area contributed by atoms with E-state index in [4.69, 9.17) is 0 Å². The third-order valence-corrected chi connectivity index (χ3v) is 5.33. The van der Waals surface area contributed by atoms with E-state index >= 15 is 0 Å². The number of hydrogen-bond acceptors (Lipinski definition) is 2. The Morgan fingerprint density at radius 2 is 1.70 bits per heavy atom. The first-order valence-electron chi connectivity index (χ1n) is 9.25. The Labute approximate surface area is 126 Å². The summed E-state index contributed by atoms with van der Waals surface area (Å²) in [5, 5.41) is 3.86. The summed E-state index contributed by atoms with van der Waals surface area (Å²) in [6.07, 6.45) is 11.2. The smallest absolute Gasteiger partial charge is 0.0252 e. The number of nitrogens with zero attached hydrogens (tertiary/aromatic N) is 1. The van der Waals surface area contributed by atoms with E-state index in [0.29, 0.717) is 0 Å².